The van der Waals surface area contributed by atoms with Crippen molar-refractivity contribution in [2.24, 2.45) is 0 Å². The Balaban J connectivity index is 2.41. The number of carbonyl (C=O) groups excluding carboxylic acids is 1. The Morgan fingerprint density at radius 3 is 2.61 bits per heavy atom. The summed E-state index contributed by atoms with van der Waals surface area (Å²) in [6, 6.07) is 1.52. The van der Waals surface area contributed by atoms with E-state index >= 15 is 0 Å². The summed E-state index contributed by atoms with van der Waals surface area (Å²) < 4.78 is 5.12. The molecule has 0 bridgehead atoms. The minimum Gasteiger partial charge on any atom is -0.417 e. The maximum absolute atomic E-state index is 12.1. The van der Waals surface area contributed by atoms with Gasteiger partial charge in [0.05, 0.1) is 0 Å². The highest BCUT2D eigenvalue weighted by Crippen LogP contribution is 2.23. The van der Waals surface area contributed by atoms with Crippen molar-refractivity contribution in [1.82, 2.24) is 5.32 Å². The van der Waals surface area contributed by atoms with E-state index in [9.17, 15) is 9.59 Å². The fraction of sp³-hybridized carbons (Fsp3) is 0.571. The molecule has 98 valence electrons. The second-order valence-corrected chi connectivity index (χ2v) is 5.81. The highest BCUT2D eigenvalue weighted by molar-refractivity contribution is 5.93. The molecule has 1 N–H and O–H groups in total. The lowest BCUT2D eigenvalue weighted by molar-refractivity contribution is 0.0884. The maximum Gasteiger partial charge on any atom is 0.336 e. The molecule has 1 amide bonds. The molecular formula is C14H19NO3. The molecule has 1 aliphatic carbocycles. The van der Waals surface area contributed by atoms with E-state index in [0.717, 1.165) is 36.8 Å². The van der Waals surface area contributed by atoms with Gasteiger partial charge in [0.25, 0.3) is 5.91 Å². The number of nitrogens with one attached hydrogen (secondary N) is 1. The number of fused-ring (bicyclic) bond motifs is 1. The number of carbonyl (C=O) groups is 1. The molecule has 4 heteroatoms. The Morgan fingerprint density at radius 1 is 1.28 bits per heavy atom. The van der Waals surface area contributed by atoms with Crippen LogP contribution in [-0.4, -0.2) is 11.4 Å². The maximum atomic E-state index is 12.1. The zero-order chi connectivity index (χ0) is 13.3. The molecule has 0 aromatic carbocycles. The molecule has 0 aliphatic heterocycles. The Bertz CT molecular complexity index is 523. The van der Waals surface area contributed by atoms with Crippen molar-refractivity contribution in [3.05, 3.63) is 33.4 Å². The first kappa shape index (κ1) is 12.9. The number of aryl methyl sites for hydroxylation is 1. The summed E-state index contributed by atoms with van der Waals surface area (Å²) in [6.07, 6.45) is 3.77. The topological polar surface area (TPSA) is 59.3 Å². The van der Waals surface area contributed by atoms with Gasteiger partial charge in [0, 0.05) is 17.2 Å². The van der Waals surface area contributed by atoms with Crippen LogP contribution in [0.4, 0.5) is 0 Å². The molecule has 0 saturated carbocycles. The lowest BCUT2D eigenvalue weighted by atomic mass is 9.91. The second kappa shape index (κ2) is 4.59. The quantitative estimate of drug-likeness (QED) is 0.828. The summed E-state index contributed by atoms with van der Waals surface area (Å²) >= 11 is 0. The number of rotatable bonds is 1. The monoisotopic (exact) mass is 249 g/mol. The molecule has 0 radical (unpaired) electrons. The third-order valence-corrected chi connectivity index (χ3v) is 2.97. The molecule has 0 atom stereocenters. The van der Waals surface area contributed by atoms with Crippen LogP contribution in [0.25, 0.3) is 0 Å². The third-order valence-electron chi connectivity index (χ3n) is 2.97. The molecule has 18 heavy (non-hydrogen) atoms. The van der Waals surface area contributed by atoms with Crippen LogP contribution in [0.15, 0.2) is 15.3 Å². The largest absolute Gasteiger partial charge is 0.417 e. The number of hydrogen-bond acceptors (Lipinski definition) is 3. The van der Waals surface area contributed by atoms with Crippen molar-refractivity contribution in [2.75, 3.05) is 0 Å². The number of hydrogen-bond donors (Lipinski definition) is 1. The first-order valence-electron chi connectivity index (χ1n) is 6.35. The molecule has 1 aromatic heterocycles. The second-order valence-electron chi connectivity index (χ2n) is 5.81. The van der Waals surface area contributed by atoms with Crippen molar-refractivity contribution in [2.45, 2.75) is 52.0 Å². The van der Waals surface area contributed by atoms with Crippen LogP contribution in [0.2, 0.25) is 0 Å². The van der Waals surface area contributed by atoms with Crippen molar-refractivity contribution in [1.29, 1.82) is 0 Å². The van der Waals surface area contributed by atoms with Gasteiger partial charge in [0.15, 0.2) is 5.76 Å². The van der Waals surface area contributed by atoms with Crippen molar-refractivity contribution < 1.29 is 9.21 Å². The Labute approximate surface area is 106 Å². The van der Waals surface area contributed by atoms with Crippen LogP contribution in [-0.2, 0) is 12.8 Å². The van der Waals surface area contributed by atoms with Crippen molar-refractivity contribution >= 4 is 5.91 Å². The van der Waals surface area contributed by atoms with Gasteiger partial charge >= 0.3 is 5.63 Å². The van der Waals surface area contributed by atoms with E-state index in [1.54, 1.807) is 0 Å². The van der Waals surface area contributed by atoms with Gasteiger partial charge in [-0.05, 0) is 52.0 Å². The van der Waals surface area contributed by atoms with Gasteiger partial charge in [-0.15, -0.1) is 0 Å². The summed E-state index contributed by atoms with van der Waals surface area (Å²) in [5.41, 5.74) is 1.10. The van der Waals surface area contributed by atoms with Crippen LogP contribution >= 0.6 is 0 Å². The predicted molar refractivity (Wildman–Crippen MR) is 68.8 cm³/mol. The van der Waals surface area contributed by atoms with E-state index in [4.69, 9.17) is 4.42 Å². The zero-order valence-corrected chi connectivity index (χ0v) is 11.1. The summed E-state index contributed by atoms with van der Waals surface area (Å²) in [7, 11) is 0. The highest BCUT2D eigenvalue weighted by Gasteiger charge is 2.24. The minimum atomic E-state index is -0.435. The molecule has 0 fully saturated rings. The average molecular weight is 249 g/mol. The van der Waals surface area contributed by atoms with E-state index in [1.165, 1.54) is 6.07 Å². The van der Waals surface area contributed by atoms with Gasteiger partial charge in [0.1, 0.15) is 0 Å². The zero-order valence-electron chi connectivity index (χ0n) is 11.1. The van der Waals surface area contributed by atoms with E-state index in [1.807, 2.05) is 20.8 Å². The first-order chi connectivity index (χ1) is 8.37. The minimum absolute atomic E-state index is 0.201. The molecule has 1 heterocycles. The van der Waals surface area contributed by atoms with Gasteiger partial charge in [-0.2, -0.15) is 0 Å². The van der Waals surface area contributed by atoms with Gasteiger partial charge in [0.2, 0.25) is 0 Å². The predicted octanol–water partition coefficient (Wildman–Crippen LogP) is 2.05. The number of amides is 1. The van der Waals surface area contributed by atoms with Crippen LogP contribution in [0.5, 0.6) is 0 Å². The van der Waals surface area contributed by atoms with Gasteiger partial charge < -0.3 is 9.73 Å². The van der Waals surface area contributed by atoms with Crippen LogP contribution < -0.4 is 10.9 Å². The SMILES string of the molecule is CC(C)(C)NC(=O)c1oc(=O)cc2c1CCCC2. The van der Waals surface area contributed by atoms with E-state index < -0.39 is 5.63 Å². The first-order valence-corrected chi connectivity index (χ1v) is 6.35. The summed E-state index contributed by atoms with van der Waals surface area (Å²) in [5.74, 6) is -0.0922. The van der Waals surface area contributed by atoms with E-state index in [2.05, 4.69) is 5.32 Å². The lowest BCUT2D eigenvalue weighted by Gasteiger charge is -2.22. The summed E-state index contributed by atoms with van der Waals surface area (Å²) in [4.78, 5) is 23.6. The van der Waals surface area contributed by atoms with E-state index in [-0.39, 0.29) is 17.2 Å². The van der Waals surface area contributed by atoms with Gasteiger partial charge in [-0.1, -0.05) is 0 Å². The molecule has 0 saturated heterocycles. The smallest absolute Gasteiger partial charge is 0.336 e. The Hall–Kier alpha value is -1.58. The summed E-state index contributed by atoms with van der Waals surface area (Å²) in [6.45, 7) is 5.70. The lowest BCUT2D eigenvalue weighted by Crippen LogP contribution is -2.41. The van der Waals surface area contributed by atoms with Crippen LogP contribution in [0.3, 0.4) is 0 Å². The van der Waals surface area contributed by atoms with Gasteiger partial charge in [-0.25, -0.2) is 4.79 Å². The fourth-order valence-electron chi connectivity index (χ4n) is 2.26. The van der Waals surface area contributed by atoms with Gasteiger partial charge in [-0.3, -0.25) is 4.79 Å². The van der Waals surface area contributed by atoms with Crippen molar-refractivity contribution in [3.63, 3.8) is 0 Å². The third kappa shape index (κ3) is 2.81. The van der Waals surface area contributed by atoms with E-state index in [0.29, 0.717) is 0 Å². The summed E-state index contributed by atoms with van der Waals surface area (Å²) in [5, 5.41) is 2.84. The molecular weight excluding hydrogens is 230 g/mol. The van der Waals surface area contributed by atoms with Crippen LogP contribution in [0, 0.1) is 0 Å². The highest BCUT2D eigenvalue weighted by atomic mass is 16.4. The molecule has 4 nitrogen and oxygen atoms in total. The fourth-order valence-corrected chi connectivity index (χ4v) is 2.26. The molecule has 1 aliphatic rings. The standard InChI is InChI=1S/C14H19NO3/c1-14(2,3)15-13(17)12-10-7-5-4-6-9(10)8-11(16)18-12/h8H,4-7H2,1-3H3,(H,15,17). The molecule has 0 unspecified atom stereocenters. The normalized spacial score (nSPS) is 15.1. The molecule has 0 spiro atoms. The molecule has 2 rings (SSSR count). The Kier molecular flexibility index (Phi) is 3.28. The van der Waals surface area contributed by atoms with Crippen LogP contribution in [0.1, 0.15) is 55.3 Å². The van der Waals surface area contributed by atoms with Crippen molar-refractivity contribution in [3.8, 4) is 0 Å². The molecule has 1 aromatic rings. The average Bonchev–Trinajstić information content (AvgIpc) is 2.25. The Morgan fingerprint density at radius 2 is 1.94 bits per heavy atom.